The van der Waals surface area contributed by atoms with Gasteiger partial charge in [0.05, 0.1) is 5.41 Å². The van der Waals surface area contributed by atoms with Crippen LogP contribution in [0.15, 0.2) is 206 Å². The molecule has 0 saturated heterocycles. The Hall–Kier alpha value is -7.02. The average molecular weight is 751 g/mol. The van der Waals surface area contributed by atoms with Crippen molar-refractivity contribution >= 4 is 21.5 Å². The molecule has 0 fully saturated rings. The van der Waals surface area contributed by atoms with E-state index in [0.717, 1.165) is 6.42 Å². The van der Waals surface area contributed by atoms with Gasteiger partial charge in [-0.1, -0.05) is 188 Å². The number of benzene rings is 9. The lowest BCUT2D eigenvalue weighted by atomic mass is 9.65. The highest BCUT2D eigenvalue weighted by Crippen LogP contribution is 2.58. The average Bonchev–Trinajstić information content (AvgIpc) is 3.78. The van der Waals surface area contributed by atoms with Gasteiger partial charge in [-0.2, -0.15) is 0 Å². The van der Waals surface area contributed by atoms with E-state index in [1.54, 1.807) is 0 Å². The molecule has 0 spiro atoms. The molecule has 9 aromatic rings. The molecule has 278 valence electrons. The molecule has 0 aromatic heterocycles. The van der Waals surface area contributed by atoms with E-state index in [-0.39, 0.29) is 5.41 Å². The molecule has 0 aliphatic heterocycles. The standard InChI is InChI=1S/C59H42/c1-37-17-26-46(27-18-37)59(47-28-19-38(2)20-29-47)56-16-6-5-13-51(56)52-30-25-44(36-57(52)59)43-24-23-41-33-40(21-22-42(41)34-43)39-9-7-10-45(35-39)48-31-32-55-50-12-4-3-11-49(50)54-15-8-14-53(48)58(54)55/h3-19,21-36,38H,20H2,1-2H3. The number of hydrogen-bond donors (Lipinski definition) is 0. The van der Waals surface area contributed by atoms with Gasteiger partial charge in [0.25, 0.3) is 0 Å². The van der Waals surface area contributed by atoms with E-state index in [1.165, 1.54) is 116 Å². The minimum absolute atomic E-state index is 0.385. The quantitative estimate of drug-likeness (QED) is 0.164. The monoisotopic (exact) mass is 750 g/mol. The van der Waals surface area contributed by atoms with Gasteiger partial charge in [-0.3, -0.25) is 0 Å². The first kappa shape index (κ1) is 34.1. The molecule has 9 aromatic carbocycles. The van der Waals surface area contributed by atoms with Crippen LogP contribution in [-0.4, -0.2) is 0 Å². The maximum absolute atomic E-state index is 2.50. The summed E-state index contributed by atoms with van der Waals surface area (Å²) in [4.78, 5) is 0. The fraction of sp³-hybridized carbons (Fsp3) is 0.0847. The zero-order chi connectivity index (χ0) is 39.2. The van der Waals surface area contributed by atoms with Crippen LogP contribution in [0.2, 0.25) is 0 Å². The van der Waals surface area contributed by atoms with Crippen molar-refractivity contribution in [3.05, 3.63) is 228 Å². The third-order valence-corrected chi connectivity index (χ3v) is 13.5. The summed E-state index contributed by atoms with van der Waals surface area (Å²) in [5.74, 6) is 0.539. The molecule has 3 aliphatic rings. The summed E-state index contributed by atoms with van der Waals surface area (Å²) in [5, 5.41) is 5.17. The van der Waals surface area contributed by atoms with E-state index in [9.17, 15) is 0 Å². The summed E-state index contributed by atoms with van der Waals surface area (Å²) in [7, 11) is 0. The van der Waals surface area contributed by atoms with E-state index < -0.39 is 0 Å². The van der Waals surface area contributed by atoms with Crippen molar-refractivity contribution in [2.75, 3.05) is 0 Å². The third-order valence-electron chi connectivity index (χ3n) is 13.5. The molecule has 0 heterocycles. The zero-order valence-electron chi connectivity index (χ0n) is 33.3. The molecule has 0 amide bonds. The number of fused-ring (bicyclic) bond motifs is 7. The Morgan fingerprint density at radius 3 is 1.76 bits per heavy atom. The number of hydrogen-bond acceptors (Lipinski definition) is 0. The molecule has 0 nitrogen and oxygen atoms in total. The molecule has 0 radical (unpaired) electrons. The smallest absolute Gasteiger partial charge is 0.0710 e. The molecule has 3 aliphatic carbocycles. The van der Waals surface area contributed by atoms with Crippen LogP contribution < -0.4 is 0 Å². The first-order chi connectivity index (χ1) is 29.0. The van der Waals surface area contributed by atoms with Crippen LogP contribution in [0.3, 0.4) is 0 Å². The molecule has 2 atom stereocenters. The second kappa shape index (κ2) is 13.0. The zero-order valence-corrected chi connectivity index (χ0v) is 33.3. The van der Waals surface area contributed by atoms with Crippen LogP contribution in [0.4, 0.5) is 0 Å². The molecule has 59 heavy (non-hydrogen) atoms. The van der Waals surface area contributed by atoms with E-state index in [0.29, 0.717) is 5.92 Å². The van der Waals surface area contributed by atoms with Gasteiger partial charge in [-0.05, 0) is 154 Å². The highest BCUT2D eigenvalue weighted by atomic mass is 14.5. The van der Waals surface area contributed by atoms with Gasteiger partial charge in [0.2, 0.25) is 0 Å². The largest absolute Gasteiger partial charge is 0.0811 e. The molecule has 0 bridgehead atoms. The molecule has 2 unspecified atom stereocenters. The third kappa shape index (κ3) is 5.09. The maximum atomic E-state index is 2.50. The van der Waals surface area contributed by atoms with E-state index >= 15 is 0 Å². The van der Waals surface area contributed by atoms with Crippen LogP contribution in [-0.2, 0) is 5.41 Å². The van der Waals surface area contributed by atoms with Crippen LogP contribution in [0.1, 0.15) is 35.6 Å². The summed E-state index contributed by atoms with van der Waals surface area (Å²) < 4.78 is 0. The van der Waals surface area contributed by atoms with Crippen molar-refractivity contribution in [2.24, 2.45) is 5.92 Å². The highest BCUT2D eigenvalue weighted by Gasteiger charge is 2.47. The van der Waals surface area contributed by atoms with Gasteiger partial charge in [0.15, 0.2) is 0 Å². The van der Waals surface area contributed by atoms with Crippen molar-refractivity contribution in [3.8, 4) is 66.8 Å². The van der Waals surface area contributed by atoms with Gasteiger partial charge < -0.3 is 0 Å². The van der Waals surface area contributed by atoms with Gasteiger partial charge in [0.1, 0.15) is 0 Å². The second-order valence-electron chi connectivity index (χ2n) is 16.9. The van der Waals surface area contributed by atoms with Crippen molar-refractivity contribution in [1.29, 1.82) is 0 Å². The Morgan fingerprint density at radius 2 is 1.02 bits per heavy atom. The minimum Gasteiger partial charge on any atom is -0.0811 e. The molecular weight excluding hydrogens is 709 g/mol. The SMILES string of the molecule is Cc1ccc(C2(C3=CCC(C)C=C3)c3ccccc3-c3ccc(-c4ccc5cc(-c6cccc(-c7ccc8c9c(cccc79)-c7ccccc7-8)c6)ccc5c4)cc32)cc1. The lowest BCUT2D eigenvalue weighted by Gasteiger charge is -2.36. The first-order valence-corrected chi connectivity index (χ1v) is 21.1. The predicted octanol–water partition coefficient (Wildman–Crippen LogP) is 15.8. The fourth-order valence-corrected chi connectivity index (χ4v) is 10.6. The first-order valence-electron chi connectivity index (χ1n) is 21.1. The van der Waals surface area contributed by atoms with Crippen LogP contribution in [0, 0.1) is 12.8 Å². The van der Waals surface area contributed by atoms with Crippen molar-refractivity contribution in [2.45, 2.75) is 25.7 Å². The van der Waals surface area contributed by atoms with Crippen molar-refractivity contribution in [1.82, 2.24) is 0 Å². The van der Waals surface area contributed by atoms with Gasteiger partial charge in [0, 0.05) is 0 Å². The summed E-state index contributed by atoms with van der Waals surface area (Å²) in [6, 6.07) is 68.7. The topological polar surface area (TPSA) is 0 Å². The summed E-state index contributed by atoms with van der Waals surface area (Å²) >= 11 is 0. The van der Waals surface area contributed by atoms with E-state index in [1.807, 2.05) is 0 Å². The summed E-state index contributed by atoms with van der Waals surface area (Å²) in [5.41, 5.74) is 21.8. The normalized spacial score (nSPS) is 17.2. The van der Waals surface area contributed by atoms with E-state index in [2.05, 4.69) is 214 Å². The lowest BCUT2D eigenvalue weighted by Crippen LogP contribution is -2.30. The van der Waals surface area contributed by atoms with Gasteiger partial charge >= 0.3 is 0 Å². The molecule has 0 saturated carbocycles. The molecule has 0 heteroatoms. The van der Waals surface area contributed by atoms with Crippen LogP contribution >= 0.6 is 0 Å². The Kier molecular flexibility index (Phi) is 7.50. The number of allylic oxidation sites excluding steroid dienone is 4. The van der Waals surface area contributed by atoms with Crippen molar-refractivity contribution < 1.29 is 0 Å². The fourth-order valence-electron chi connectivity index (χ4n) is 10.6. The van der Waals surface area contributed by atoms with Gasteiger partial charge in [-0.15, -0.1) is 0 Å². The Bertz CT molecular complexity index is 3230. The Labute approximate surface area is 346 Å². The molecule has 0 N–H and O–H groups in total. The second-order valence-corrected chi connectivity index (χ2v) is 16.9. The summed E-state index contributed by atoms with van der Waals surface area (Å²) in [6.45, 7) is 4.49. The maximum Gasteiger partial charge on any atom is 0.0710 e. The van der Waals surface area contributed by atoms with Crippen LogP contribution in [0.5, 0.6) is 0 Å². The highest BCUT2D eigenvalue weighted by molar-refractivity contribution is 6.18. The van der Waals surface area contributed by atoms with Gasteiger partial charge in [-0.25, -0.2) is 0 Å². The number of aryl methyl sites for hydroxylation is 1. The lowest BCUT2D eigenvalue weighted by molar-refractivity contribution is 0.691. The molecular formula is C59H42. The Morgan fingerprint density at radius 1 is 0.441 bits per heavy atom. The van der Waals surface area contributed by atoms with E-state index in [4.69, 9.17) is 0 Å². The van der Waals surface area contributed by atoms with Crippen LogP contribution in [0.25, 0.3) is 88.3 Å². The number of rotatable bonds is 5. The minimum atomic E-state index is -0.385. The summed E-state index contributed by atoms with van der Waals surface area (Å²) in [6.07, 6.45) is 8.35. The predicted molar refractivity (Wildman–Crippen MR) is 250 cm³/mol. The molecule has 12 rings (SSSR count). The van der Waals surface area contributed by atoms with Crippen molar-refractivity contribution in [3.63, 3.8) is 0 Å². The Balaban J connectivity index is 0.930.